The van der Waals surface area contributed by atoms with Crippen LogP contribution in [0.5, 0.6) is 11.5 Å². The molecule has 0 aliphatic carbocycles. The lowest BCUT2D eigenvalue weighted by molar-refractivity contribution is -0.137. The van der Waals surface area contributed by atoms with Gasteiger partial charge in [0.1, 0.15) is 5.82 Å². The number of alkyl halides is 3. The van der Waals surface area contributed by atoms with Crippen LogP contribution in [-0.2, 0) is 12.7 Å². The lowest BCUT2D eigenvalue weighted by Gasteiger charge is -2.25. The fourth-order valence-electron chi connectivity index (χ4n) is 2.89. The van der Waals surface area contributed by atoms with E-state index in [1.54, 1.807) is 6.08 Å². The average Bonchev–Trinajstić information content (AvgIpc) is 3.08. The maximum atomic E-state index is 13.9. The molecule has 0 radical (unpaired) electrons. The summed E-state index contributed by atoms with van der Waals surface area (Å²) in [6, 6.07) is 8.52. The lowest BCUT2D eigenvalue weighted by atomic mass is 10.1. The highest BCUT2D eigenvalue weighted by Gasteiger charge is 2.31. The Kier molecular flexibility index (Phi) is 5.93. The molecule has 2 aromatic rings. The van der Waals surface area contributed by atoms with Crippen molar-refractivity contribution in [3.05, 3.63) is 65.0 Å². The van der Waals surface area contributed by atoms with E-state index < -0.39 is 17.6 Å². The largest absolute Gasteiger partial charge is 0.454 e. The second-order valence-corrected chi connectivity index (χ2v) is 6.85. The zero-order valence-corrected chi connectivity index (χ0v) is 15.6. The van der Waals surface area contributed by atoms with Crippen LogP contribution in [-0.4, -0.2) is 24.3 Å². The number of hydrogen-bond acceptors (Lipinski definition) is 3. The summed E-state index contributed by atoms with van der Waals surface area (Å²) >= 11 is 0. The van der Waals surface area contributed by atoms with Crippen molar-refractivity contribution in [3.63, 3.8) is 0 Å². The average molecular weight is 395 g/mol. The zero-order valence-electron chi connectivity index (χ0n) is 15.6. The zero-order chi connectivity index (χ0) is 20.3. The molecular formula is C21H21F4NO2. The van der Waals surface area contributed by atoms with Crippen LogP contribution in [0.4, 0.5) is 17.6 Å². The van der Waals surface area contributed by atoms with Gasteiger partial charge in [0.05, 0.1) is 5.56 Å². The van der Waals surface area contributed by atoms with Gasteiger partial charge in [-0.25, -0.2) is 4.39 Å². The molecule has 0 amide bonds. The number of benzene rings is 2. The molecule has 1 aliphatic rings. The second-order valence-electron chi connectivity index (χ2n) is 6.85. The number of rotatable bonds is 6. The molecule has 3 rings (SSSR count). The Hall–Kier alpha value is -2.54. The van der Waals surface area contributed by atoms with E-state index in [1.165, 1.54) is 6.08 Å². The van der Waals surface area contributed by atoms with Crippen molar-refractivity contribution < 1.29 is 27.0 Å². The van der Waals surface area contributed by atoms with Gasteiger partial charge in [0.15, 0.2) is 11.5 Å². The minimum atomic E-state index is -4.55. The highest BCUT2D eigenvalue weighted by atomic mass is 19.4. The van der Waals surface area contributed by atoms with Gasteiger partial charge in [0, 0.05) is 24.7 Å². The molecule has 0 atom stereocenters. The van der Waals surface area contributed by atoms with Crippen LogP contribution in [0.1, 0.15) is 30.5 Å². The van der Waals surface area contributed by atoms with Crippen molar-refractivity contribution in [3.8, 4) is 11.5 Å². The number of nitrogens with zero attached hydrogens (tertiary/aromatic N) is 1. The highest BCUT2D eigenvalue weighted by Crippen LogP contribution is 2.33. The number of fused-ring (bicyclic) bond motifs is 1. The molecule has 0 bridgehead atoms. The standard InChI is InChI=1S/C21H21F4NO2/c1-14(2)26(12-15-5-8-19-20(10-15)28-13-27-19)9-3-4-16-6-7-17(11-18(16)22)21(23,24)25/h3-8,10-11,14H,9,12-13H2,1-2H3/b4-3+. The van der Waals surface area contributed by atoms with Crippen LogP contribution >= 0.6 is 0 Å². The van der Waals surface area contributed by atoms with Crippen molar-refractivity contribution in [1.82, 2.24) is 4.90 Å². The van der Waals surface area contributed by atoms with E-state index in [2.05, 4.69) is 4.90 Å². The first-order valence-corrected chi connectivity index (χ1v) is 8.90. The summed E-state index contributed by atoms with van der Waals surface area (Å²) in [7, 11) is 0. The van der Waals surface area contributed by atoms with Gasteiger partial charge in [-0.15, -0.1) is 0 Å². The topological polar surface area (TPSA) is 21.7 Å². The summed E-state index contributed by atoms with van der Waals surface area (Å²) in [5, 5.41) is 0. The molecule has 150 valence electrons. The minimum absolute atomic E-state index is 0.125. The SMILES string of the molecule is CC(C)N(C/C=C/c1ccc(C(F)(F)F)cc1F)Cc1ccc2c(c1)OCO2. The van der Waals surface area contributed by atoms with Gasteiger partial charge < -0.3 is 9.47 Å². The van der Waals surface area contributed by atoms with Gasteiger partial charge in [-0.3, -0.25) is 4.90 Å². The molecule has 0 aromatic heterocycles. The Morgan fingerprint density at radius 3 is 2.50 bits per heavy atom. The van der Waals surface area contributed by atoms with Gasteiger partial charge in [0.2, 0.25) is 6.79 Å². The van der Waals surface area contributed by atoms with Crippen LogP contribution in [0.25, 0.3) is 6.08 Å². The van der Waals surface area contributed by atoms with E-state index >= 15 is 0 Å². The molecule has 1 aliphatic heterocycles. The molecule has 0 unspecified atom stereocenters. The molecule has 0 saturated heterocycles. The number of halogens is 4. The maximum absolute atomic E-state index is 13.9. The van der Waals surface area contributed by atoms with Crippen LogP contribution in [0.2, 0.25) is 0 Å². The Morgan fingerprint density at radius 1 is 1.07 bits per heavy atom. The fraction of sp³-hybridized carbons (Fsp3) is 0.333. The van der Waals surface area contributed by atoms with Crippen molar-refractivity contribution in [2.75, 3.05) is 13.3 Å². The monoisotopic (exact) mass is 395 g/mol. The molecule has 0 N–H and O–H groups in total. The fourth-order valence-corrected chi connectivity index (χ4v) is 2.89. The number of ether oxygens (including phenoxy) is 2. The Balaban J connectivity index is 1.66. The third-order valence-electron chi connectivity index (χ3n) is 4.52. The summed E-state index contributed by atoms with van der Waals surface area (Å²) in [5.74, 6) is 0.541. The lowest BCUT2D eigenvalue weighted by Crippen LogP contribution is -2.30. The maximum Gasteiger partial charge on any atom is 0.416 e. The summed E-state index contributed by atoms with van der Waals surface area (Å²) < 4.78 is 62.5. The van der Waals surface area contributed by atoms with Crippen molar-refractivity contribution in [1.29, 1.82) is 0 Å². The molecule has 0 saturated carbocycles. The van der Waals surface area contributed by atoms with Crippen molar-refractivity contribution in [2.24, 2.45) is 0 Å². The predicted molar refractivity (Wildman–Crippen MR) is 98.5 cm³/mol. The second kappa shape index (κ2) is 8.22. The smallest absolute Gasteiger partial charge is 0.416 e. The first-order valence-electron chi connectivity index (χ1n) is 8.90. The molecular weight excluding hydrogens is 374 g/mol. The van der Waals surface area contributed by atoms with Gasteiger partial charge in [-0.1, -0.05) is 24.3 Å². The van der Waals surface area contributed by atoms with Crippen LogP contribution in [0, 0.1) is 5.82 Å². The van der Waals surface area contributed by atoms with E-state index in [1.807, 2.05) is 32.0 Å². The highest BCUT2D eigenvalue weighted by molar-refractivity contribution is 5.51. The molecule has 3 nitrogen and oxygen atoms in total. The summed E-state index contributed by atoms with van der Waals surface area (Å²) in [4.78, 5) is 2.15. The Labute approximate surface area is 161 Å². The van der Waals surface area contributed by atoms with E-state index in [-0.39, 0.29) is 18.4 Å². The first kappa shape index (κ1) is 20.2. The third-order valence-corrected chi connectivity index (χ3v) is 4.52. The molecule has 7 heteroatoms. The Morgan fingerprint density at radius 2 is 1.82 bits per heavy atom. The molecule has 0 spiro atoms. The van der Waals surface area contributed by atoms with Crippen LogP contribution in [0.15, 0.2) is 42.5 Å². The van der Waals surface area contributed by atoms with Crippen LogP contribution in [0.3, 0.4) is 0 Å². The van der Waals surface area contributed by atoms with Gasteiger partial charge in [0.25, 0.3) is 0 Å². The number of hydrogen-bond donors (Lipinski definition) is 0. The minimum Gasteiger partial charge on any atom is -0.454 e. The summed E-state index contributed by atoms with van der Waals surface area (Å²) in [5.41, 5.74) is 0.181. The van der Waals surface area contributed by atoms with Crippen molar-refractivity contribution >= 4 is 6.08 Å². The Bertz CT molecular complexity index is 862. The molecule has 2 aromatic carbocycles. The molecule has 0 fully saturated rings. The van der Waals surface area contributed by atoms with E-state index in [9.17, 15) is 17.6 Å². The molecule has 1 heterocycles. The quantitative estimate of drug-likeness (QED) is 0.603. The van der Waals surface area contributed by atoms with Crippen LogP contribution < -0.4 is 9.47 Å². The van der Waals surface area contributed by atoms with Gasteiger partial charge >= 0.3 is 6.18 Å². The molecule has 28 heavy (non-hydrogen) atoms. The van der Waals surface area contributed by atoms with Gasteiger partial charge in [-0.05, 0) is 43.7 Å². The van der Waals surface area contributed by atoms with Gasteiger partial charge in [-0.2, -0.15) is 13.2 Å². The van der Waals surface area contributed by atoms with E-state index in [4.69, 9.17) is 9.47 Å². The summed E-state index contributed by atoms with van der Waals surface area (Å²) in [6.07, 6.45) is -1.30. The summed E-state index contributed by atoms with van der Waals surface area (Å²) in [6.45, 7) is 5.47. The normalized spacial score (nSPS) is 13.9. The third kappa shape index (κ3) is 4.84. The predicted octanol–water partition coefficient (Wildman–Crippen LogP) is 5.50. The van der Waals surface area contributed by atoms with E-state index in [0.717, 1.165) is 23.4 Å². The first-order chi connectivity index (χ1) is 13.2. The van der Waals surface area contributed by atoms with Crippen molar-refractivity contribution in [2.45, 2.75) is 32.6 Å². The van der Waals surface area contributed by atoms with E-state index in [0.29, 0.717) is 24.9 Å².